The molecule has 0 aliphatic carbocycles. The van der Waals surface area contributed by atoms with Crippen molar-refractivity contribution in [2.24, 2.45) is 0 Å². The minimum Gasteiger partial charge on any atom is -0.378 e. The van der Waals surface area contributed by atoms with E-state index in [1.807, 2.05) is 0 Å². The van der Waals surface area contributed by atoms with E-state index in [1.54, 1.807) is 0 Å². The lowest BCUT2D eigenvalue weighted by Crippen LogP contribution is -2.14. The third-order valence-electron chi connectivity index (χ3n) is 4.25. The van der Waals surface area contributed by atoms with Crippen molar-refractivity contribution in [1.82, 2.24) is 0 Å². The number of anilines is 1. The van der Waals surface area contributed by atoms with Crippen LogP contribution in [0.2, 0.25) is 0 Å². The van der Waals surface area contributed by atoms with Gasteiger partial charge in [-0.2, -0.15) is 0 Å². The molecule has 2 aliphatic rings. The molecule has 1 aromatic rings. The zero-order valence-corrected chi connectivity index (χ0v) is 12.5. The van der Waals surface area contributed by atoms with Crippen molar-refractivity contribution in [3.8, 4) is 0 Å². The van der Waals surface area contributed by atoms with E-state index in [2.05, 4.69) is 36.5 Å². The van der Waals surface area contributed by atoms with Crippen LogP contribution < -0.4 is 5.32 Å². The molecular weight excluding hydrogens is 230 g/mol. The van der Waals surface area contributed by atoms with Crippen LogP contribution in [0, 0.1) is 0 Å². The summed E-state index contributed by atoms with van der Waals surface area (Å²) < 4.78 is 0. The summed E-state index contributed by atoms with van der Waals surface area (Å²) in [6.45, 7) is 2.28. The van der Waals surface area contributed by atoms with Gasteiger partial charge in [-0.15, -0.1) is 0 Å². The summed E-state index contributed by atoms with van der Waals surface area (Å²) >= 11 is 0. The minimum atomic E-state index is 0.592. The fraction of sp³-hybridized carbons (Fsp3) is 0.667. The lowest BCUT2D eigenvalue weighted by Gasteiger charge is -2.25. The lowest BCUT2D eigenvalue weighted by atomic mass is 9.96. The van der Waals surface area contributed by atoms with Crippen LogP contribution >= 0.6 is 0 Å². The highest BCUT2D eigenvalue weighted by atomic mass is 14.9. The van der Waals surface area contributed by atoms with E-state index >= 15 is 0 Å². The Balaban J connectivity index is 1.45. The Hall–Kier alpha value is -0.980. The molecule has 2 heterocycles. The molecule has 1 nitrogen and oxygen atoms in total. The van der Waals surface area contributed by atoms with Crippen molar-refractivity contribution in [2.75, 3.05) is 5.32 Å². The zero-order valence-electron chi connectivity index (χ0n) is 12.5. The average Bonchev–Trinajstić information content (AvgIpc) is 2.47. The molecule has 0 fully saturated rings. The monoisotopic (exact) mass is 259 g/mol. The molecule has 0 saturated carbocycles. The third-order valence-corrected chi connectivity index (χ3v) is 4.25. The summed E-state index contributed by atoms with van der Waals surface area (Å²) in [5.41, 5.74) is 2.76. The van der Waals surface area contributed by atoms with Gasteiger partial charge in [0, 0.05) is 5.69 Å². The first-order valence-corrected chi connectivity index (χ1v) is 8.26. The highest BCUT2D eigenvalue weighted by molar-refractivity contribution is 5.52. The lowest BCUT2D eigenvalue weighted by molar-refractivity contribution is 0.540. The number of nitrogens with one attached hydrogen (secondary N) is 1. The highest BCUT2D eigenvalue weighted by Gasteiger charge is 2.15. The van der Waals surface area contributed by atoms with E-state index in [0.717, 1.165) is 0 Å². The Morgan fingerprint density at radius 1 is 0.789 bits per heavy atom. The maximum absolute atomic E-state index is 3.58. The smallest absolute Gasteiger partial charge is 0.0513 e. The van der Waals surface area contributed by atoms with Gasteiger partial charge in [-0.3, -0.25) is 0 Å². The largest absolute Gasteiger partial charge is 0.378 e. The Kier molecular flexibility index (Phi) is 6.26. The molecule has 2 bridgehead atoms. The molecule has 1 atom stereocenters. The maximum Gasteiger partial charge on any atom is 0.0513 e. The Morgan fingerprint density at radius 3 is 1.89 bits per heavy atom. The van der Waals surface area contributed by atoms with Crippen LogP contribution in [0.15, 0.2) is 24.3 Å². The topological polar surface area (TPSA) is 12.0 Å². The second kappa shape index (κ2) is 8.24. The molecule has 0 saturated heterocycles. The number of benzene rings is 1. The second-order valence-corrected chi connectivity index (χ2v) is 5.94. The molecule has 1 heteroatoms. The molecule has 106 valence electrons. The molecule has 0 spiro atoms. The summed E-state index contributed by atoms with van der Waals surface area (Å²) in [4.78, 5) is 0. The van der Waals surface area contributed by atoms with Crippen molar-refractivity contribution in [2.45, 2.75) is 77.2 Å². The predicted molar refractivity (Wildman–Crippen MR) is 84.6 cm³/mol. The fourth-order valence-electron chi connectivity index (χ4n) is 2.99. The first-order chi connectivity index (χ1) is 9.40. The third kappa shape index (κ3) is 4.89. The van der Waals surface area contributed by atoms with Crippen molar-refractivity contribution in [3.63, 3.8) is 0 Å². The van der Waals surface area contributed by atoms with E-state index in [4.69, 9.17) is 0 Å². The quantitative estimate of drug-likeness (QED) is 0.502. The van der Waals surface area contributed by atoms with Gasteiger partial charge in [0.05, 0.1) is 6.04 Å². The molecule has 2 aliphatic heterocycles. The standard InChI is InChI=1S/C18H29N/c1-2-3-4-5-6-7-8-9-10-11-18-16-12-14-17(19-18)15-13-16/h12-15,18-19H,2-11H2,1H3. The van der Waals surface area contributed by atoms with E-state index in [1.165, 1.54) is 75.5 Å². The van der Waals surface area contributed by atoms with Crippen LogP contribution in [0.25, 0.3) is 0 Å². The van der Waals surface area contributed by atoms with Crippen LogP contribution in [-0.2, 0) is 0 Å². The molecular formula is C18H29N. The van der Waals surface area contributed by atoms with Crippen LogP contribution in [0.4, 0.5) is 5.69 Å². The van der Waals surface area contributed by atoms with E-state index < -0.39 is 0 Å². The second-order valence-electron chi connectivity index (χ2n) is 5.94. The molecule has 19 heavy (non-hydrogen) atoms. The summed E-state index contributed by atoms with van der Waals surface area (Å²) in [5.74, 6) is 0. The minimum absolute atomic E-state index is 0.592. The Morgan fingerprint density at radius 2 is 1.37 bits per heavy atom. The number of unbranched alkanes of at least 4 members (excludes halogenated alkanes) is 8. The zero-order chi connectivity index (χ0) is 13.3. The van der Waals surface area contributed by atoms with E-state index in [-0.39, 0.29) is 0 Å². The van der Waals surface area contributed by atoms with Gasteiger partial charge in [0.2, 0.25) is 0 Å². The molecule has 0 radical (unpaired) electrons. The molecule has 1 unspecified atom stereocenters. The highest BCUT2D eigenvalue weighted by Crippen LogP contribution is 2.30. The summed E-state index contributed by atoms with van der Waals surface area (Å²) in [6, 6.07) is 9.49. The predicted octanol–water partition coefficient (Wildman–Crippen LogP) is 6.07. The maximum atomic E-state index is 3.58. The van der Waals surface area contributed by atoms with Crippen LogP contribution in [0.1, 0.15) is 82.7 Å². The number of hydrogen-bond donors (Lipinski definition) is 1. The number of rotatable bonds is 10. The Labute approximate surface area is 118 Å². The van der Waals surface area contributed by atoms with Gasteiger partial charge < -0.3 is 5.32 Å². The van der Waals surface area contributed by atoms with Gasteiger partial charge in [0.1, 0.15) is 0 Å². The molecule has 1 N–H and O–H groups in total. The van der Waals surface area contributed by atoms with E-state index in [9.17, 15) is 0 Å². The summed E-state index contributed by atoms with van der Waals surface area (Å²) in [7, 11) is 0. The Bertz CT molecular complexity index is 341. The first-order valence-electron chi connectivity index (χ1n) is 8.26. The van der Waals surface area contributed by atoms with Crippen LogP contribution in [0.5, 0.6) is 0 Å². The molecule has 0 amide bonds. The van der Waals surface area contributed by atoms with Crippen molar-refractivity contribution < 1.29 is 0 Å². The molecule has 1 aromatic carbocycles. The summed E-state index contributed by atoms with van der Waals surface area (Å²) in [6.07, 6.45) is 14.0. The van der Waals surface area contributed by atoms with Gasteiger partial charge in [0.25, 0.3) is 0 Å². The van der Waals surface area contributed by atoms with Crippen molar-refractivity contribution in [1.29, 1.82) is 0 Å². The van der Waals surface area contributed by atoms with Gasteiger partial charge in [-0.1, -0.05) is 76.8 Å². The summed E-state index contributed by atoms with van der Waals surface area (Å²) in [5, 5.41) is 3.58. The molecule has 0 aromatic heterocycles. The average molecular weight is 259 g/mol. The van der Waals surface area contributed by atoms with Crippen LogP contribution in [0.3, 0.4) is 0 Å². The van der Waals surface area contributed by atoms with Gasteiger partial charge in [-0.05, 0) is 24.1 Å². The van der Waals surface area contributed by atoms with Gasteiger partial charge in [-0.25, -0.2) is 0 Å². The van der Waals surface area contributed by atoms with Crippen LogP contribution in [-0.4, -0.2) is 0 Å². The molecule has 3 rings (SSSR count). The normalized spacial score (nSPS) is 16.6. The number of fused-ring (bicyclic) bond motifs is 3. The SMILES string of the molecule is CCCCCCCCCCCC1Nc2ccc1cc2. The first kappa shape index (κ1) is 14.4. The van der Waals surface area contributed by atoms with Gasteiger partial charge in [0.15, 0.2) is 0 Å². The van der Waals surface area contributed by atoms with Gasteiger partial charge >= 0.3 is 0 Å². The fourth-order valence-corrected chi connectivity index (χ4v) is 2.99. The van der Waals surface area contributed by atoms with Crippen molar-refractivity contribution in [3.05, 3.63) is 29.8 Å². The van der Waals surface area contributed by atoms with E-state index in [0.29, 0.717) is 6.04 Å². The number of hydrogen-bond acceptors (Lipinski definition) is 1. The van der Waals surface area contributed by atoms with Crippen molar-refractivity contribution >= 4 is 5.69 Å².